The van der Waals surface area contributed by atoms with E-state index in [0.29, 0.717) is 31.8 Å². The lowest BCUT2D eigenvalue weighted by atomic mass is 10.2. The summed E-state index contributed by atoms with van der Waals surface area (Å²) in [6, 6.07) is 1.77. The summed E-state index contributed by atoms with van der Waals surface area (Å²) in [6.45, 7) is 1.98. The van der Waals surface area contributed by atoms with E-state index >= 15 is 0 Å². The third kappa shape index (κ3) is 4.03. The zero-order valence-electron chi connectivity index (χ0n) is 11.3. The van der Waals surface area contributed by atoms with Crippen molar-refractivity contribution in [1.82, 2.24) is 10.2 Å². The van der Waals surface area contributed by atoms with Crippen LogP contribution in [0.5, 0.6) is 0 Å². The quantitative estimate of drug-likeness (QED) is 0.823. The van der Waals surface area contributed by atoms with E-state index in [2.05, 4.69) is 5.32 Å². The number of hydrogen-bond acceptors (Lipinski definition) is 5. The van der Waals surface area contributed by atoms with Crippen molar-refractivity contribution in [3.63, 3.8) is 0 Å². The van der Waals surface area contributed by atoms with Crippen LogP contribution in [-0.4, -0.2) is 62.8 Å². The van der Waals surface area contributed by atoms with E-state index in [-0.39, 0.29) is 24.5 Å². The maximum Gasteiger partial charge on any atom is 0.252 e. The van der Waals surface area contributed by atoms with Gasteiger partial charge in [-0.25, -0.2) is 0 Å². The molecule has 2 amide bonds. The zero-order valence-corrected chi connectivity index (χ0v) is 12.1. The third-order valence-corrected chi connectivity index (χ3v) is 3.74. The molecule has 1 fully saturated rings. The topological polar surface area (TPSA) is 67.9 Å². The number of amides is 2. The summed E-state index contributed by atoms with van der Waals surface area (Å²) >= 11 is 1.48. The summed E-state index contributed by atoms with van der Waals surface area (Å²) in [5, 5.41) is 6.48. The van der Waals surface area contributed by atoms with Gasteiger partial charge in [-0.1, -0.05) is 0 Å². The molecule has 1 N–H and O–H groups in total. The van der Waals surface area contributed by atoms with Gasteiger partial charge in [-0.2, -0.15) is 11.3 Å². The fourth-order valence-electron chi connectivity index (χ4n) is 1.92. The molecule has 0 radical (unpaired) electrons. The summed E-state index contributed by atoms with van der Waals surface area (Å²) in [5.74, 6) is -0.155. The summed E-state index contributed by atoms with van der Waals surface area (Å²) < 4.78 is 10.4. The lowest BCUT2D eigenvalue weighted by Gasteiger charge is -2.32. The highest BCUT2D eigenvalue weighted by Gasteiger charge is 2.26. The van der Waals surface area contributed by atoms with Gasteiger partial charge in [-0.3, -0.25) is 9.59 Å². The third-order valence-electron chi connectivity index (χ3n) is 3.06. The smallest absolute Gasteiger partial charge is 0.252 e. The number of ether oxygens (including phenoxy) is 2. The molecule has 2 heterocycles. The molecule has 20 heavy (non-hydrogen) atoms. The first kappa shape index (κ1) is 15.0. The van der Waals surface area contributed by atoms with Crippen LogP contribution < -0.4 is 5.32 Å². The van der Waals surface area contributed by atoms with Gasteiger partial charge >= 0.3 is 0 Å². The molecule has 0 saturated carbocycles. The molecule has 110 valence electrons. The predicted octanol–water partition coefficient (Wildman–Crippen LogP) is 0.352. The largest absolute Gasteiger partial charge is 0.383 e. The van der Waals surface area contributed by atoms with E-state index in [1.165, 1.54) is 11.3 Å². The van der Waals surface area contributed by atoms with Gasteiger partial charge in [0.1, 0.15) is 6.61 Å². The second-order valence-electron chi connectivity index (χ2n) is 4.49. The van der Waals surface area contributed by atoms with E-state index in [0.717, 1.165) is 0 Å². The minimum Gasteiger partial charge on any atom is -0.383 e. The number of rotatable bonds is 6. The standard InChI is InChI=1S/C13H18N2O4S/c1-18-4-3-15-7-11(19-8-12(15)16)6-14-13(17)10-2-5-20-9-10/h2,5,9,11H,3-4,6-8H2,1H3,(H,14,17). The summed E-state index contributed by atoms with van der Waals surface area (Å²) in [7, 11) is 1.60. The SMILES string of the molecule is COCCN1CC(CNC(=O)c2ccsc2)OCC1=O. The van der Waals surface area contributed by atoms with Crippen molar-refractivity contribution in [2.45, 2.75) is 6.10 Å². The maximum absolute atomic E-state index is 11.8. The number of carbonyl (C=O) groups excluding carboxylic acids is 2. The van der Waals surface area contributed by atoms with E-state index in [1.54, 1.807) is 23.5 Å². The fraction of sp³-hybridized carbons (Fsp3) is 0.538. The summed E-state index contributed by atoms with van der Waals surface area (Å²) in [6.07, 6.45) is -0.174. The van der Waals surface area contributed by atoms with Gasteiger partial charge < -0.3 is 19.7 Å². The maximum atomic E-state index is 11.8. The van der Waals surface area contributed by atoms with Crippen molar-refractivity contribution in [2.75, 3.05) is 40.0 Å². The molecule has 1 aliphatic rings. The minimum atomic E-state index is -0.174. The molecule has 1 aliphatic heterocycles. The lowest BCUT2D eigenvalue weighted by molar-refractivity contribution is -0.149. The number of carbonyl (C=O) groups is 2. The van der Waals surface area contributed by atoms with E-state index in [1.807, 2.05) is 5.38 Å². The van der Waals surface area contributed by atoms with Crippen molar-refractivity contribution in [3.8, 4) is 0 Å². The molecule has 6 nitrogen and oxygen atoms in total. The molecule has 1 saturated heterocycles. The van der Waals surface area contributed by atoms with Crippen molar-refractivity contribution in [3.05, 3.63) is 22.4 Å². The van der Waals surface area contributed by atoms with Crippen molar-refractivity contribution < 1.29 is 19.1 Å². The first-order valence-electron chi connectivity index (χ1n) is 6.39. The Hall–Kier alpha value is -1.44. The van der Waals surface area contributed by atoms with Gasteiger partial charge in [-0.15, -0.1) is 0 Å². The fourth-order valence-corrected chi connectivity index (χ4v) is 2.56. The molecule has 7 heteroatoms. The molecule has 2 rings (SSSR count). The van der Waals surface area contributed by atoms with Crippen LogP contribution in [0.4, 0.5) is 0 Å². The zero-order chi connectivity index (χ0) is 14.4. The number of morpholine rings is 1. The van der Waals surface area contributed by atoms with Crippen LogP contribution in [0.2, 0.25) is 0 Å². The average Bonchev–Trinajstić information content (AvgIpc) is 2.99. The highest BCUT2D eigenvalue weighted by molar-refractivity contribution is 7.08. The number of nitrogens with one attached hydrogen (secondary N) is 1. The van der Waals surface area contributed by atoms with Crippen LogP contribution in [0, 0.1) is 0 Å². The Balaban J connectivity index is 1.78. The van der Waals surface area contributed by atoms with Gasteiger partial charge in [0.05, 0.1) is 12.7 Å². The normalized spacial score (nSPS) is 19.1. The molecule has 0 aliphatic carbocycles. The molecule has 1 unspecified atom stereocenters. The van der Waals surface area contributed by atoms with Gasteiger partial charge in [0.2, 0.25) is 5.91 Å². The Kier molecular flexibility index (Phi) is 5.51. The van der Waals surface area contributed by atoms with Crippen LogP contribution >= 0.6 is 11.3 Å². The average molecular weight is 298 g/mol. The molecule has 0 bridgehead atoms. The second kappa shape index (κ2) is 7.37. The molecule has 0 spiro atoms. The molecule has 0 aromatic carbocycles. The number of methoxy groups -OCH3 is 1. The predicted molar refractivity (Wildman–Crippen MR) is 74.8 cm³/mol. The van der Waals surface area contributed by atoms with Crippen LogP contribution in [0.25, 0.3) is 0 Å². The number of nitrogens with zero attached hydrogens (tertiary/aromatic N) is 1. The lowest BCUT2D eigenvalue weighted by Crippen LogP contribution is -2.51. The number of thiophene rings is 1. The first-order valence-corrected chi connectivity index (χ1v) is 7.33. The minimum absolute atomic E-state index is 0.0394. The summed E-state index contributed by atoms with van der Waals surface area (Å²) in [5.41, 5.74) is 0.651. The molecule has 1 atom stereocenters. The van der Waals surface area contributed by atoms with Crippen LogP contribution in [0.1, 0.15) is 10.4 Å². The van der Waals surface area contributed by atoms with E-state index in [9.17, 15) is 9.59 Å². The van der Waals surface area contributed by atoms with Gasteiger partial charge in [0, 0.05) is 37.7 Å². The van der Waals surface area contributed by atoms with Crippen LogP contribution in [-0.2, 0) is 14.3 Å². The van der Waals surface area contributed by atoms with E-state index in [4.69, 9.17) is 9.47 Å². The highest BCUT2D eigenvalue weighted by Crippen LogP contribution is 2.08. The summed E-state index contributed by atoms with van der Waals surface area (Å²) in [4.78, 5) is 25.1. The van der Waals surface area contributed by atoms with Gasteiger partial charge in [0.15, 0.2) is 0 Å². The van der Waals surface area contributed by atoms with Crippen LogP contribution in [0.3, 0.4) is 0 Å². The Morgan fingerprint density at radius 3 is 3.20 bits per heavy atom. The Morgan fingerprint density at radius 2 is 2.50 bits per heavy atom. The Morgan fingerprint density at radius 1 is 1.65 bits per heavy atom. The van der Waals surface area contributed by atoms with Crippen LogP contribution in [0.15, 0.2) is 16.8 Å². The number of hydrogen-bond donors (Lipinski definition) is 1. The molecule has 1 aromatic heterocycles. The van der Waals surface area contributed by atoms with Crippen molar-refractivity contribution in [1.29, 1.82) is 0 Å². The Bertz CT molecular complexity index is 449. The monoisotopic (exact) mass is 298 g/mol. The van der Waals surface area contributed by atoms with Crippen molar-refractivity contribution in [2.24, 2.45) is 0 Å². The van der Waals surface area contributed by atoms with Gasteiger partial charge in [-0.05, 0) is 11.4 Å². The molecular weight excluding hydrogens is 280 g/mol. The molecular formula is C13H18N2O4S. The van der Waals surface area contributed by atoms with Gasteiger partial charge in [0.25, 0.3) is 5.91 Å². The first-order chi connectivity index (χ1) is 9.70. The van der Waals surface area contributed by atoms with Crippen molar-refractivity contribution >= 4 is 23.2 Å². The second-order valence-corrected chi connectivity index (χ2v) is 5.27. The molecule has 1 aromatic rings. The van der Waals surface area contributed by atoms with E-state index < -0.39 is 0 Å². The highest BCUT2D eigenvalue weighted by atomic mass is 32.1. The Labute approximate surface area is 121 Å².